The molecule has 0 heterocycles. The van der Waals surface area contributed by atoms with Crippen LogP contribution in [0.2, 0.25) is 0 Å². The number of nitrogens with one attached hydrogen (secondary N) is 9. The van der Waals surface area contributed by atoms with Crippen LogP contribution in [-0.2, 0) is 56.0 Å². The minimum absolute atomic E-state index is 0.0397. The number of aromatic hydroxyl groups is 1. The first-order valence-corrected chi connectivity index (χ1v) is 27.1. The minimum Gasteiger partial charge on any atom is -0.508 e. The van der Waals surface area contributed by atoms with E-state index in [2.05, 4.69) is 62.8 Å². The first-order valence-electron chi connectivity index (χ1n) is 27.1. The van der Waals surface area contributed by atoms with Crippen LogP contribution in [0.25, 0.3) is 0 Å². The summed E-state index contributed by atoms with van der Waals surface area (Å²) in [7, 11) is 1.58. The van der Waals surface area contributed by atoms with Crippen molar-refractivity contribution in [3.8, 4) is 5.75 Å². The van der Waals surface area contributed by atoms with Gasteiger partial charge in [0.2, 0.25) is 53.2 Å². The van der Waals surface area contributed by atoms with Crippen molar-refractivity contribution in [2.75, 3.05) is 39.8 Å². The van der Waals surface area contributed by atoms with E-state index in [0.29, 0.717) is 5.56 Å². The Hall–Kier alpha value is -8.76. The lowest BCUT2D eigenvalue weighted by atomic mass is 10.00. The Morgan fingerprint density at radius 3 is 1.24 bits per heavy atom. The van der Waals surface area contributed by atoms with E-state index in [0.717, 1.165) is 5.56 Å². The van der Waals surface area contributed by atoms with Crippen molar-refractivity contribution >= 4 is 71.0 Å². The third-order valence-electron chi connectivity index (χ3n) is 12.3. The number of hydrogen-bond acceptors (Lipinski definition) is 14. The Labute approximate surface area is 478 Å². The molecule has 0 radical (unpaired) electrons. The van der Waals surface area contributed by atoms with Gasteiger partial charge in [0.25, 0.3) is 0 Å². The third kappa shape index (κ3) is 28.9. The Bertz CT molecular complexity index is 2480. The number of carbonyl (C=O) groups is 9. The molecular formula is C53H87N19O10. The predicted molar refractivity (Wildman–Crippen MR) is 310 cm³/mol. The Morgan fingerprint density at radius 1 is 0.439 bits per heavy atom. The van der Waals surface area contributed by atoms with Crippen LogP contribution in [0, 0.1) is 11.8 Å². The highest BCUT2D eigenvalue weighted by Gasteiger charge is 2.34. The first-order chi connectivity index (χ1) is 38.8. The number of guanidine groups is 3. The van der Waals surface area contributed by atoms with Crippen LogP contribution < -0.4 is 88.0 Å². The number of benzene rings is 2. The molecule has 82 heavy (non-hydrogen) atoms. The molecule has 0 aromatic heterocycles. The number of phenols is 1. The third-order valence-corrected chi connectivity index (χ3v) is 12.3. The van der Waals surface area contributed by atoms with E-state index < -0.39 is 109 Å². The van der Waals surface area contributed by atoms with E-state index in [1.165, 1.54) is 12.1 Å². The van der Waals surface area contributed by atoms with Gasteiger partial charge in [-0.1, -0.05) is 70.2 Å². The molecule has 0 saturated heterocycles. The lowest BCUT2D eigenvalue weighted by Crippen LogP contribution is -2.60. The average molecular weight is 1150 g/mol. The second-order valence-electron chi connectivity index (χ2n) is 20.3. The first kappa shape index (κ1) is 69.3. The van der Waals surface area contributed by atoms with Crippen LogP contribution in [0.5, 0.6) is 5.75 Å². The van der Waals surface area contributed by atoms with Crippen LogP contribution in [-0.4, -0.2) is 158 Å². The molecular weight excluding hydrogens is 1060 g/mol. The zero-order valence-electron chi connectivity index (χ0n) is 47.5. The number of likely N-dealkylation sites (N-methyl/N-ethyl adjacent to an activating group) is 1. The summed E-state index contributed by atoms with van der Waals surface area (Å²) in [5, 5.41) is 33.5. The molecule has 0 bridgehead atoms. The van der Waals surface area contributed by atoms with Crippen molar-refractivity contribution in [3.63, 3.8) is 0 Å². The van der Waals surface area contributed by atoms with E-state index in [4.69, 9.17) is 40.1 Å². The molecule has 24 N–H and O–H groups in total. The van der Waals surface area contributed by atoms with Gasteiger partial charge in [-0.05, 0) is 99.9 Å². The minimum atomic E-state index is -1.37. The second kappa shape index (κ2) is 37.2. The van der Waals surface area contributed by atoms with Gasteiger partial charge in [-0.25, -0.2) is 0 Å². The average Bonchev–Trinajstić information content (AvgIpc) is 3.45. The maximum atomic E-state index is 14.4. The van der Waals surface area contributed by atoms with Gasteiger partial charge in [-0.15, -0.1) is 0 Å². The van der Waals surface area contributed by atoms with Gasteiger partial charge in [-0.3, -0.25) is 58.1 Å². The molecule has 0 spiro atoms. The van der Waals surface area contributed by atoms with Crippen molar-refractivity contribution in [2.45, 2.75) is 134 Å². The number of aliphatic imine (C=N–C) groups is 3. The summed E-state index contributed by atoms with van der Waals surface area (Å²) in [5.41, 5.74) is 40.0. The fourth-order valence-corrected chi connectivity index (χ4v) is 8.13. The topological polar surface area (TPSA) is 501 Å². The standard InChI is InChI=1S/C53H87N19O10/c1-30(2)24-39(48(80)68-35(44(54)76)14-9-21-62-51(55)56)71-47(79)37(16-11-23-64-53(59)60)69-46(78)36(15-10-22-63-52(57)58)70-49(81)40(25-31(3)4)72-50(82)41(27-32-12-7-6-8-13-32)67-43(75)29-65-42(74)28-66-45(77)38(61-5)26-33-17-19-34(73)20-18-33/h6-8,12-13,17-20,30-31,35-41,61,73H,9-11,14-16,21-29H2,1-5H3,(H2,54,76)(H,65,74)(H,66,77)(H,67,75)(H,68,80)(H,69,78)(H,70,81)(H,71,79)(H,72,82)(H4,55,56,62)(H4,57,58,63)(H4,59,60,64)/t35-,36-,37-,38-,39+,40-,41-/m0/s1. The molecule has 29 nitrogen and oxygen atoms in total. The number of primary amides is 1. The van der Waals surface area contributed by atoms with Gasteiger partial charge in [0, 0.05) is 26.1 Å². The fourth-order valence-electron chi connectivity index (χ4n) is 8.13. The number of nitrogens with two attached hydrogens (primary N) is 7. The van der Waals surface area contributed by atoms with Crippen LogP contribution in [0.15, 0.2) is 69.6 Å². The van der Waals surface area contributed by atoms with Crippen LogP contribution in [0.1, 0.15) is 90.2 Å². The monoisotopic (exact) mass is 1150 g/mol. The van der Waals surface area contributed by atoms with Crippen molar-refractivity contribution in [3.05, 3.63) is 65.7 Å². The Kier molecular flexibility index (Phi) is 31.5. The van der Waals surface area contributed by atoms with E-state index in [9.17, 15) is 48.3 Å². The highest BCUT2D eigenvalue weighted by Crippen LogP contribution is 2.14. The molecule has 0 aliphatic heterocycles. The molecule has 0 fully saturated rings. The van der Waals surface area contributed by atoms with Gasteiger partial charge in [-0.2, -0.15) is 0 Å². The van der Waals surface area contributed by atoms with Crippen LogP contribution >= 0.6 is 0 Å². The van der Waals surface area contributed by atoms with Crippen LogP contribution in [0.3, 0.4) is 0 Å². The van der Waals surface area contributed by atoms with Crippen LogP contribution in [0.4, 0.5) is 0 Å². The molecule has 2 aromatic rings. The van der Waals surface area contributed by atoms with E-state index in [-0.39, 0.29) is 119 Å². The summed E-state index contributed by atoms with van der Waals surface area (Å²) >= 11 is 0. The molecule has 2 rings (SSSR count). The maximum Gasteiger partial charge on any atom is 0.243 e. The quantitative estimate of drug-likeness (QED) is 0.0172. The molecule has 2 aromatic carbocycles. The number of carbonyl (C=O) groups excluding carboxylic acids is 9. The normalized spacial score (nSPS) is 13.5. The molecule has 9 amide bonds. The van der Waals surface area contributed by atoms with E-state index >= 15 is 0 Å². The fraction of sp³-hybridized carbons (Fsp3) is 0.547. The largest absolute Gasteiger partial charge is 0.508 e. The van der Waals surface area contributed by atoms with Gasteiger partial charge < -0.3 is 93.1 Å². The summed E-state index contributed by atoms with van der Waals surface area (Å²) < 4.78 is 0. The van der Waals surface area contributed by atoms with Gasteiger partial charge in [0.05, 0.1) is 19.1 Å². The van der Waals surface area contributed by atoms with E-state index in [1.807, 2.05) is 13.8 Å². The molecule has 7 atom stereocenters. The summed E-state index contributed by atoms with van der Waals surface area (Å²) in [5.74, 6) is -7.59. The lowest BCUT2D eigenvalue weighted by molar-refractivity contribution is -0.135. The van der Waals surface area contributed by atoms with Crippen molar-refractivity contribution in [2.24, 2.45) is 66.9 Å². The summed E-state index contributed by atoms with van der Waals surface area (Å²) in [6.45, 7) is 6.42. The van der Waals surface area contributed by atoms with Gasteiger partial charge >= 0.3 is 0 Å². The molecule has 0 unspecified atom stereocenters. The zero-order valence-corrected chi connectivity index (χ0v) is 47.5. The van der Waals surface area contributed by atoms with Gasteiger partial charge in [0.1, 0.15) is 42.0 Å². The highest BCUT2D eigenvalue weighted by molar-refractivity contribution is 5.97. The van der Waals surface area contributed by atoms with E-state index in [1.54, 1.807) is 63.4 Å². The molecule has 0 saturated carbocycles. The maximum absolute atomic E-state index is 14.4. The summed E-state index contributed by atoms with van der Waals surface area (Å²) in [4.78, 5) is 135. The molecule has 454 valence electrons. The number of rotatable bonds is 38. The number of hydrogen-bond donors (Lipinski definition) is 17. The Morgan fingerprint density at radius 2 is 0.817 bits per heavy atom. The predicted octanol–water partition coefficient (Wildman–Crippen LogP) is -4.36. The lowest BCUT2D eigenvalue weighted by Gasteiger charge is -2.28. The SMILES string of the molecule is CN[C@@H](Cc1ccc(O)cc1)C(=O)NCC(=O)NCC(=O)N[C@@H](Cc1ccccc1)C(=O)N[C@@H](CC(C)C)C(=O)N[C@@H](CCCN=C(N)N)C(=O)N[C@@H](CCCN=C(N)N)C(=O)N[C@H](CC(C)C)C(=O)N[C@@H](CCCN=C(N)N)C(N)=O. The number of phenolic OH excluding ortho intramolecular Hbond substituents is 1. The zero-order chi connectivity index (χ0) is 61.3. The molecule has 0 aliphatic carbocycles. The van der Waals surface area contributed by atoms with Crippen molar-refractivity contribution < 1.29 is 48.3 Å². The number of amides is 9. The van der Waals surface area contributed by atoms with Gasteiger partial charge in [0.15, 0.2) is 17.9 Å². The summed E-state index contributed by atoms with van der Waals surface area (Å²) in [6.07, 6.45) is 0.922. The summed E-state index contributed by atoms with van der Waals surface area (Å²) in [6, 6.07) is 6.63. The van der Waals surface area contributed by atoms with Crippen molar-refractivity contribution in [1.82, 2.24) is 47.9 Å². The highest BCUT2D eigenvalue weighted by atomic mass is 16.3. The molecule has 29 heteroatoms. The Balaban J connectivity index is 2.38. The second-order valence-corrected chi connectivity index (χ2v) is 20.3. The smallest absolute Gasteiger partial charge is 0.243 e. The number of nitrogens with zero attached hydrogens (tertiary/aromatic N) is 3. The van der Waals surface area contributed by atoms with Crippen molar-refractivity contribution in [1.29, 1.82) is 0 Å². The molecule has 0 aliphatic rings.